The molecule has 0 radical (unpaired) electrons. The van der Waals surface area contributed by atoms with Crippen molar-refractivity contribution in [1.29, 1.82) is 0 Å². The summed E-state index contributed by atoms with van der Waals surface area (Å²) in [7, 11) is 0. The molecule has 0 aliphatic rings. The quantitative estimate of drug-likeness (QED) is 0.106. The Kier molecular flexibility index (Phi) is 14.6. The van der Waals surface area contributed by atoms with E-state index in [2.05, 4.69) is 382 Å². The van der Waals surface area contributed by atoms with Gasteiger partial charge in [0.05, 0.1) is 0 Å². The number of furan rings is 2. The van der Waals surface area contributed by atoms with Crippen LogP contribution in [0.3, 0.4) is 0 Å². The first-order valence-electron chi connectivity index (χ1n) is 35.8. The SMILES string of the molecule is c1ccc(-c2c3ccccc3c(-c3ccc(-c4ccc5oc6ccccc6c5c4-c4cc5ccccc5c5ccccc45)cc3)c3ccccc23)cc1.c1ccc(-c2ccc(-c3c(-c4ccc(-c5c6ccccc6c(-c6ccccc6)c6ccccc56)cc4)ccc4oc5ccccc5c34)cc2)cc1. The number of hydrogen-bond acceptors (Lipinski definition) is 2. The van der Waals surface area contributed by atoms with Gasteiger partial charge in [-0.15, -0.1) is 0 Å². The number of benzene rings is 19. The van der Waals surface area contributed by atoms with Crippen LogP contribution >= 0.6 is 0 Å². The Balaban J connectivity index is 0.000000139. The van der Waals surface area contributed by atoms with Gasteiger partial charge in [0.15, 0.2) is 0 Å². The number of para-hydroxylation sites is 2. The van der Waals surface area contributed by atoms with Gasteiger partial charge in [-0.2, -0.15) is 0 Å². The van der Waals surface area contributed by atoms with Crippen molar-refractivity contribution >= 4 is 109 Å². The monoisotopic (exact) mass is 1320 g/mol. The van der Waals surface area contributed by atoms with Crippen LogP contribution in [-0.2, 0) is 0 Å². The third-order valence-electron chi connectivity index (χ3n) is 21.4. The molecule has 2 heteroatoms. The Morgan fingerprint density at radius 2 is 0.404 bits per heavy atom. The topological polar surface area (TPSA) is 26.3 Å². The van der Waals surface area contributed by atoms with Crippen LogP contribution in [0.4, 0.5) is 0 Å². The predicted octanol–water partition coefficient (Wildman–Crippen LogP) is 29.1. The largest absolute Gasteiger partial charge is 0.456 e. The normalized spacial score (nSPS) is 11.7. The molecular weight excluding hydrogens is 1260 g/mol. The molecule has 0 unspecified atom stereocenters. The maximum Gasteiger partial charge on any atom is 0.136 e. The average Bonchev–Trinajstić information content (AvgIpc) is 1.34. The second-order valence-corrected chi connectivity index (χ2v) is 27.1. The lowest BCUT2D eigenvalue weighted by Gasteiger charge is -2.18. The number of fused-ring (bicyclic) bond motifs is 13. The maximum atomic E-state index is 6.51. The fourth-order valence-corrected chi connectivity index (χ4v) is 16.8. The average molecular weight is 1320 g/mol. The van der Waals surface area contributed by atoms with Crippen LogP contribution in [0, 0.1) is 0 Å². The maximum absolute atomic E-state index is 6.51. The molecule has 2 heterocycles. The van der Waals surface area contributed by atoms with Crippen LogP contribution in [0.15, 0.2) is 397 Å². The first kappa shape index (κ1) is 60.3. The summed E-state index contributed by atoms with van der Waals surface area (Å²) >= 11 is 0. The zero-order valence-electron chi connectivity index (χ0n) is 56.8. The van der Waals surface area contributed by atoms with Gasteiger partial charge in [-0.25, -0.2) is 0 Å². The van der Waals surface area contributed by atoms with Crippen molar-refractivity contribution in [2.45, 2.75) is 0 Å². The van der Waals surface area contributed by atoms with Crippen molar-refractivity contribution in [2.24, 2.45) is 0 Å². The van der Waals surface area contributed by atoms with E-state index in [1.54, 1.807) is 0 Å². The Labute approximate surface area is 601 Å². The van der Waals surface area contributed by atoms with E-state index in [1.807, 2.05) is 6.07 Å². The second kappa shape index (κ2) is 25.2. The van der Waals surface area contributed by atoms with Crippen LogP contribution in [0.5, 0.6) is 0 Å². The van der Waals surface area contributed by atoms with Crippen LogP contribution in [-0.4, -0.2) is 0 Å². The summed E-state index contributed by atoms with van der Waals surface area (Å²) in [5, 5.41) is 19.6. The van der Waals surface area contributed by atoms with Crippen molar-refractivity contribution in [3.05, 3.63) is 388 Å². The Morgan fingerprint density at radius 3 is 0.817 bits per heavy atom. The summed E-state index contributed by atoms with van der Waals surface area (Å²) in [6.07, 6.45) is 0. The van der Waals surface area contributed by atoms with Gasteiger partial charge in [0, 0.05) is 32.7 Å². The zero-order valence-corrected chi connectivity index (χ0v) is 56.8. The third-order valence-corrected chi connectivity index (χ3v) is 21.4. The molecule has 484 valence electrons. The lowest BCUT2D eigenvalue weighted by Crippen LogP contribution is -1.92. The summed E-state index contributed by atoms with van der Waals surface area (Å²) in [5.41, 5.74) is 25.5. The molecule has 0 spiro atoms. The van der Waals surface area contributed by atoms with E-state index in [1.165, 1.54) is 165 Å². The second-order valence-electron chi connectivity index (χ2n) is 27.1. The van der Waals surface area contributed by atoms with E-state index in [-0.39, 0.29) is 0 Å². The van der Waals surface area contributed by atoms with Gasteiger partial charge in [-0.05, 0) is 184 Å². The highest BCUT2D eigenvalue weighted by Gasteiger charge is 2.24. The molecule has 19 aromatic carbocycles. The Hall–Kier alpha value is -13.7. The van der Waals surface area contributed by atoms with Gasteiger partial charge in [0.2, 0.25) is 0 Å². The van der Waals surface area contributed by atoms with Crippen molar-refractivity contribution in [1.82, 2.24) is 0 Å². The van der Waals surface area contributed by atoms with Gasteiger partial charge >= 0.3 is 0 Å². The molecule has 0 bridgehead atoms. The summed E-state index contributed by atoms with van der Waals surface area (Å²) in [6, 6.07) is 140. The van der Waals surface area contributed by atoms with Crippen LogP contribution in [0.2, 0.25) is 0 Å². The molecule has 2 nitrogen and oxygen atoms in total. The van der Waals surface area contributed by atoms with Crippen LogP contribution < -0.4 is 0 Å². The zero-order chi connectivity index (χ0) is 68.6. The molecule has 0 fully saturated rings. The standard InChI is InChI=1S/C52H32O.C50H32O/c1-2-14-34(15-3-1)49-41-20-8-10-22-43(41)50(44-23-11-9-21-42(44)49)35-28-26-33(27-29-35)38-30-31-48-52(45-24-12-13-25-47(45)53-48)51(38)46-32-36-16-4-5-17-37(36)39-18-6-7-19-40(39)46;1-3-13-33(14-4-1)34-23-27-38(28-24-34)49-39(31-32-46-50(49)44-21-11-12-22-45(44)51-46)35-25-29-37(30-26-35)48-42-19-9-7-17-40(42)47(36-15-5-2-6-16-36)41-18-8-10-20-43(41)48/h1-32H;1-32H. The van der Waals surface area contributed by atoms with E-state index >= 15 is 0 Å². The molecule has 0 N–H and O–H groups in total. The van der Waals surface area contributed by atoms with Gasteiger partial charge in [-0.1, -0.05) is 358 Å². The highest BCUT2D eigenvalue weighted by Crippen LogP contribution is 2.51. The molecule has 0 atom stereocenters. The lowest BCUT2D eigenvalue weighted by molar-refractivity contribution is 0.668. The highest BCUT2D eigenvalue weighted by atomic mass is 16.3. The van der Waals surface area contributed by atoms with Crippen molar-refractivity contribution < 1.29 is 8.83 Å². The highest BCUT2D eigenvalue weighted by molar-refractivity contribution is 6.25. The summed E-state index contributed by atoms with van der Waals surface area (Å²) in [5.74, 6) is 0. The van der Waals surface area contributed by atoms with Crippen molar-refractivity contribution in [2.75, 3.05) is 0 Å². The Morgan fingerprint density at radius 1 is 0.135 bits per heavy atom. The molecule has 21 aromatic rings. The van der Waals surface area contributed by atoms with Crippen molar-refractivity contribution in [3.63, 3.8) is 0 Å². The molecular formula is C102H64O2. The van der Waals surface area contributed by atoms with E-state index in [4.69, 9.17) is 8.83 Å². The summed E-state index contributed by atoms with van der Waals surface area (Å²) in [6.45, 7) is 0. The first-order chi connectivity index (χ1) is 51.6. The molecule has 0 saturated carbocycles. The smallest absolute Gasteiger partial charge is 0.136 e. The van der Waals surface area contributed by atoms with Crippen LogP contribution in [0.1, 0.15) is 0 Å². The molecule has 2 aromatic heterocycles. The Bertz CT molecular complexity index is 6790. The van der Waals surface area contributed by atoms with Gasteiger partial charge in [0.25, 0.3) is 0 Å². The van der Waals surface area contributed by atoms with E-state index < -0.39 is 0 Å². The fraction of sp³-hybridized carbons (Fsp3) is 0. The summed E-state index contributed by atoms with van der Waals surface area (Å²) in [4.78, 5) is 0. The minimum absolute atomic E-state index is 0.898. The molecule has 0 amide bonds. The fourth-order valence-electron chi connectivity index (χ4n) is 16.8. The minimum atomic E-state index is 0.898. The molecule has 104 heavy (non-hydrogen) atoms. The lowest BCUT2D eigenvalue weighted by atomic mass is 9.84. The van der Waals surface area contributed by atoms with Gasteiger partial charge in [0.1, 0.15) is 22.3 Å². The molecule has 0 saturated heterocycles. The van der Waals surface area contributed by atoms with E-state index in [0.29, 0.717) is 0 Å². The predicted molar refractivity (Wildman–Crippen MR) is 441 cm³/mol. The molecule has 0 aliphatic heterocycles. The van der Waals surface area contributed by atoms with Crippen LogP contribution in [0.25, 0.3) is 209 Å². The van der Waals surface area contributed by atoms with Gasteiger partial charge in [-0.3, -0.25) is 0 Å². The summed E-state index contributed by atoms with van der Waals surface area (Å²) < 4.78 is 12.9. The minimum Gasteiger partial charge on any atom is -0.456 e. The number of rotatable bonds is 9. The van der Waals surface area contributed by atoms with E-state index in [0.717, 1.165) is 43.9 Å². The third kappa shape index (κ3) is 10.1. The van der Waals surface area contributed by atoms with Gasteiger partial charge < -0.3 is 8.83 Å². The molecule has 21 rings (SSSR count). The van der Waals surface area contributed by atoms with E-state index in [9.17, 15) is 0 Å². The number of hydrogen-bond donors (Lipinski definition) is 0. The van der Waals surface area contributed by atoms with Crippen molar-refractivity contribution in [3.8, 4) is 100 Å². The molecule has 0 aliphatic carbocycles. The first-order valence-corrected chi connectivity index (χ1v) is 35.8.